The Morgan fingerprint density at radius 3 is 3.07 bits per heavy atom. The van der Waals surface area contributed by atoms with Gasteiger partial charge in [-0.2, -0.15) is 5.26 Å². The second-order valence-corrected chi connectivity index (χ2v) is 3.03. The van der Waals surface area contributed by atoms with Crippen LogP contribution in [0.1, 0.15) is 16.9 Å². The number of anilines is 1. The lowest BCUT2D eigenvalue weighted by Gasteiger charge is -2.17. The van der Waals surface area contributed by atoms with E-state index in [1.54, 1.807) is 13.1 Å². The largest absolute Gasteiger partial charge is 0.477 e. The summed E-state index contributed by atoms with van der Waals surface area (Å²) in [7, 11) is 1.80. The molecule has 1 heterocycles. The molecule has 15 heavy (non-hydrogen) atoms. The first-order chi connectivity index (χ1) is 7.15. The molecule has 0 radical (unpaired) electrons. The summed E-state index contributed by atoms with van der Waals surface area (Å²) in [6.07, 6.45) is 1.85. The minimum atomic E-state index is -1.05. The lowest BCUT2D eigenvalue weighted by atomic mass is 10.3. The van der Waals surface area contributed by atoms with Gasteiger partial charge in [-0.25, -0.2) is 9.78 Å². The Morgan fingerprint density at radius 1 is 1.73 bits per heavy atom. The highest BCUT2D eigenvalue weighted by molar-refractivity contribution is 5.86. The van der Waals surface area contributed by atoms with Crippen molar-refractivity contribution in [2.45, 2.75) is 6.42 Å². The van der Waals surface area contributed by atoms with Gasteiger partial charge in [-0.05, 0) is 12.1 Å². The van der Waals surface area contributed by atoms with Gasteiger partial charge >= 0.3 is 5.97 Å². The van der Waals surface area contributed by atoms with Gasteiger partial charge in [-0.15, -0.1) is 0 Å². The van der Waals surface area contributed by atoms with E-state index < -0.39 is 5.97 Å². The number of pyridine rings is 1. The van der Waals surface area contributed by atoms with Crippen LogP contribution >= 0.6 is 0 Å². The number of carboxylic acid groups (broad SMARTS) is 1. The number of carboxylic acids is 1. The molecule has 0 aliphatic rings. The maximum Gasteiger partial charge on any atom is 0.354 e. The number of aromatic carboxylic acids is 1. The van der Waals surface area contributed by atoms with E-state index in [-0.39, 0.29) is 5.69 Å². The molecule has 0 unspecified atom stereocenters. The lowest BCUT2D eigenvalue weighted by molar-refractivity contribution is 0.0690. The van der Waals surface area contributed by atoms with Crippen LogP contribution in [0.25, 0.3) is 0 Å². The van der Waals surface area contributed by atoms with Crippen LogP contribution in [0, 0.1) is 11.3 Å². The highest BCUT2D eigenvalue weighted by Crippen LogP contribution is 2.12. The highest BCUT2D eigenvalue weighted by atomic mass is 16.4. The van der Waals surface area contributed by atoms with Crippen molar-refractivity contribution in [2.24, 2.45) is 0 Å². The van der Waals surface area contributed by atoms with Gasteiger partial charge in [0, 0.05) is 25.5 Å². The van der Waals surface area contributed by atoms with Gasteiger partial charge in [-0.3, -0.25) is 0 Å². The summed E-state index contributed by atoms with van der Waals surface area (Å²) in [4.78, 5) is 16.2. The van der Waals surface area contributed by atoms with Gasteiger partial charge < -0.3 is 10.0 Å². The molecular formula is C10H11N3O2. The molecule has 5 heteroatoms. The van der Waals surface area contributed by atoms with E-state index >= 15 is 0 Å². The average molecular weight is 205 g/mol. The fourth-order valence-corrected chi connectivity index (χ4v) is 1.12. The van der Waals surface area contributed by atoms with Gasteiger partial charge in [0.05, 0.1) is 12.5 Å². The number of carbonyl (C=O) groups is 1. The van der Waals surface area contributed by atoms with Crippen LogP contribution < -0.4 is 4.90 Å². The first kappa shape index (κ1) is 11.0. The predicted molar refractivity (Wildman–Crippen MR) is 54.7 cm³/mol. The molecule has 0 aliphatic heterocycles. The quantitative estimate of drug-likeness (QED) is 0.797. The molecule has 1 rings (SSSR count). The van der Waals surface area contributed by atoms with Crippen molar-refractivity contribution in [3.05, 3.63) is 24.0 Å². The maximum absolute atomic E-state index is 10.7. The average Bonchev–Trinajstić information content (AvgIpc) is 2.26. The molecule has 0 aromatic carbocycles. The van der Waals surface area contributed by atoms with Crippen LogP contribution in [-0.4, -0.2) is 29.7 Å². The first-order valence-electron chi connectivity index (χ1n) is 4.42. The van der Waals surface area contributed by atoms with Crippen LogP contribution in [0.5, 0.6) is 0 Å². The SMILES string of the molecule is CN(CCC#N)c1ccnc(C(=O)O)c1. The summed E-state index contributed by atoms with van der Waals surface area (Å²) < 4.78 is 0. The Kier molecular flexibility index (Phi) is 3.63. The highest BCUT2D eigenvalue weighted by Gasteiger charge is 2.07. The first-order valence-corrected chi connectivity index (χ1v) is 4.42. The molecule has 0 fully saturated rings. The molecule has 0 amide bonds. The molecular weight excluding hydrogens is 194 g/mol. The van der Waals surface area contributed by atoms with Gasteiger partial charge in [-0.1, -0.05) is 0 Å². The van der Waals surface area contributed by atoms with E-state index in [1.165, 1.54) is 12.3 Å². The molecule has 0 saturated carbocycles. The van der Waals surface area contributed by atoms with Crippen molar-refractivity contribution in [1.29, 1.82) is 5.26 Å². The number of nitriles is 1. The fraction of sp³-hybridized carbons (Fsp3) is 0.300. The minimum Gasteiger partial charge on any atom is -0.477 e. The summed E-state index contributed by atoms with van der Waals surface area (Å²) in [6.45, 7) is 0.569. The molecule has 1 aromatic rings. The summed E-state index contributed by atoms with van der Waals surface area (Å²) >= 11 is 0. The minimum absolute atomic E-state index is 0.0105. The van der Waals surface area contributed by atoms with E-state index in [9.17, 15) is 4.79 Å². The summed E-state index contributed by atoms with van der Waals surface area (Å²) in [5.41, 5.74) is 0.758. The van der Waals surface area contributed by atoms with E-state index in [0.717, 1.165) is 5.69 Å². The number of nitrogens with zero attached hydrogens (tertiary/aromatic N) is 3. The molecule has 0 aliphatic carbocycles. The molecule has 78 valence electrons. The Labute approximate surface area is 87.6 Å². The van der Waals surface area contributed by atoms with E-state index in [4.69, 9.17) is 10.4 Å². The van der Waals surface area contributed by atoms with Gasteiger partial charge in [0.1, 0.15) is 5.69 Å². The van der Waals surface area contributed by atoms with E-state index in [2.05, 4.69) is 4.98 Å². The molecule has 0 saturated heterocycles. The van der Waals surface area contributed by atoms with E-state index in [0.29, 0.717) is 13.0 Å². The molecule has 0 bridgehead atoms. The third-order valence-corrected chi connectivity index (χ3v) is 1.96. The third-order valence-electron chi connectivity index (χ3n) is 1.96. The molecule has 5 nitrogen and oxygen atoms in total. The van der Waals surface area contributed by atoms with Crippen LogP contribution in [0.4, 0.5) is 5.69 Å². The summed E-state index contributed by atoms with van der Waals surface area (Å²) in [6, 6.07) is 5.23. The standard InChI is InChI=1S/C10H11N3O2/c1-13(6-2-4-11)8-3-5-12-9(7-8)10(14)15/h3,5,7H,2,6H2,1H3,(H,14,15). The van der Waals surface area contributed by atoms with Crippen molar-refractivity contribution >= 4 is 11.7 Å². The topological polar surface area (TPSA) is 77.2 Å². The molecule has 1 aromatic heterocycles. The monoisotopic (exact) mass is 205 g/mol. The van der Waals surface area contributed by atoms with Crippen LogP contribution in [-0.2, 0) is 0 Å². The number of aromatic nitrogens is 1. The number of rotatable bonds is 4. The van der Waals surface area contributed by atoms with Crippen LogP contribution in [0.15, 0.2) is 18.3 Å². The second kappa shape index (κ2) is 4.96. The van der Waals surface area contributed by atoms with Gasteiger partial charge in [0.25, 0.3) is 0 Å². The third kappa shape index (κ3) is 2.95. The lowest BCUT2D eigenvalue weighted by Crippen LogP contribution is -2.18. The van der Waals surface area contributed by atoms with Crippen molar-refractivity contribution in [1.82, 2.24) is 4.98 Å². The zero-order valence-electron chi connectivity index (χ0n) is 8.34. The van der Waals surface area contributed by atoms with Crippen molar-refractivity contribution in [2.75, 3.05) is 18.5 Å². The Morgan fingerprint density at radius 2 is 2.47 bits per heavy atom. The summed E-state index contributed by atoms with van der Waals surface area (Å²) in [5.74, 6) is -1.05. The Bertz CT molecular complexity index is 398. The molecule has 0 atom stereocenters. The zero-order chi connectivity index (χ0) is 11.3. The molecule has 0 spiro atoms. The Balaban J connectivity index is 2.81. The Hall–Kier alpha value is -2.09. The maximum atomic E-state index is 10.7. The van der Waals surface area contributed by atoms with Gasteiger partial charge in [0.2, 0.25) is 0 Å². The van der Waals surface area contributed by atoms with Crippen molar-refractivity contribution in [3.8, 4) is 6.07 Å². The normalized spacial score (nSPS) is 9.33. The smallest absolute Gasteiger partial charge is 0.354 e. The van der Waals surface area contributed by atoms with Crippen molar-refractivity contribution in [3.63, 3.8) is 0 Å². The molecule has 1 N–H and O–H groups in total. The zero-order valence-corrected chi connectivity index (χ0v) is 8.34. The van der Waals surface area contributed by atoms with Crippen LogP contribution in [0.3, 0.4) is 0 Å². The predicted octanol–water partition coefficient (Wildman–Crippen LogP) is 1.13. The van der Waals surface area contributed by atoms with Gasteiger partial charge in [0.15, 0.2) is 0 Å². The van der Waals surface area contributed by atoms with Crippen molar-refractivity contribution < 1.29 is 9.90 Å². The number of hydrogen-bond donors (Lipinski definition) is 1. The van der Waals surface area contributed by atoms with Crippen LogP contribution in [0.2, 0.25) is 0 Å². The fourth-order valence-electron chi connectivity index (χ4n) is 1.12. The van der Waals surface area contributed by atoms with E-state index in [1.807, 2.05) is 11.0 Å². The second-order valence-electron chi connectivity index (χ2n) is 3.03. The summed E-state index contributed by atoms with van der Waals surface area (Å²) in [5, 5.41) is 17.2. The number of hydrogen-bond acceptors (Lipinski definition) is 4.